The SMILES string of the molecule is CC/C=C\C/C=C\C/C=C\C/C=C\CCCCCCCCC(=O)OCC(COP(=O)(O)OCC(O)COP(=O)(O)OCC(COC(=O)CCCCCCC/C=C\C/C=C\CCC)OC(=O)CCCCCCC/C=C\CCCCCC)OC(=O)CCCCCCC/C=C\C/C=C\CCCCC. The van der Waals surface area contributed by atoms with Crippen molar-refractivity contribution in [1.29, 1.82) is 0 Å². The summed E-state index contributed by atoms with van der Waals surface area (Å²) in [4.78, 5) is 72.9. The lowest BCUT2D eigenvalue weighted by Gasteiger charge is -2.21. The first-order valence-electron chi connectivity index (χ1n) is 39.1. The Morgan fingerprint density at radius 2 is 0.540 bits per heavy atom. The van der Waals surface area contributed by atoms with Crippen LogP contribution in [-0.2, 0) is 65.4 Å². The summed E-state index contributed by atoms with van der Waals surface area (Å²) in [7, 11) is -9.96. The molecule has 0 rings (SSSR count). The van der Waals surface area contributed by atoms with Crippen molar-refractivity contribution in [3.8, 4) is 0 Å². The number of unbranched alkanes of at least 4 members (excludes halogenated alkanes) is 29. The van der Waals surface area contributed by atoms with Crippen LogP contribution in [0.2, 0.25) is 0 Å². The summed E-state index contributed by atoms with van der Waals surface area (Å²) >= 11 is 0. The van der Waals surface area contributed by atoms with E-state index in [-0.39, 0.29) is 25.7 Å². The fraction of sp³-hybridized carbons (Fsp3) is 0.728. The van der Waals surface area contributed by atoms with E-state index >= 15 is 0 Å². The van der Waals surface area contributed by atoms with Gasteiger partial charge in [0.2, 0.25) is 0 Å². The molecule has 0 bridgehead atoms. The molecule has 0 aromatic rings. The van der Waals surface area contributed by atoms with Crippen LogP contribution in [0.3, 0.4) is 0 Å². The number of allylic oxidation sites excluding steroid dienone is 18. The van der Waals surface area contributed by atoms with Gasteiger partial charge in [0.25, 0.3) is 0 Å². The van der Waals surface area contributed by atoms with Crippen LogP contribution in [0.4, 0.5) is 0 Å². The first kappa shape index (κ1) is 95.7. The second-order valence-corrected chi connectivity index (χ2v) is 28.8. The third kappa shape index (κ3) is 72.1. The minimum Gasteiger partial charge on any atom is -0.462 e. The van der Waals surface area contributed by atoms with E-state index in [0.29, 0.717) is 25.7 Å². The topological polar surface area (TPSA) is 237 Å². The van der Waals surface area contributed by atoms with Crippen LogP contribution < -0.4 is 0 Å². The van der Waals surface area contributed by atoms with Crippen molar-refractivity contribution in [2.24, 2.45) is 0 Å². The Bertz CT molecular complexity index is 2320. The molecular weight excluding hydrogens is 1310 g/mol. The molecule has 0 saturated heterocycles. The number of hydrogen-bond donors (Lipinski definition) is 3. The molecule has 0 saturated carbocycles. The molecular formula is C81H140O17P2. The Balaban J connectivity index is 5.37. The predicted molar refractivity (Wildman–Crippen MR) is 408 cm³/mol. The smallest absolute Gasteiger partial charge is 0.462 e. The number of esters is 4. The monoisotopic (exact) mass is 1450 g/mol. The molecule has 3 N–H and O–H groups in total. The maximum atomic E-state index is 13.1. The molecule has 0 aromatic carbocycles. The average molecular weight is 1450 g/mol. The van der Waals surface area contributed by atoms with Gasteiger partial charge >= 0.3 is 39.5 Å². The van der Waals surface area contributed by atoms with Gasteiger partial charge in [-0.15, -0.1) is 0 Å². The molecule has 0 amide bonds. The number of aliphatic hydroxyl groups is 1. The number of carbonyl (C=O) groups excluding carboxylic acids is 4. The van der Waals surface area contributed by atoms with E-state index in [2.05, 4.69) is 137 Å². The highest BCUT2D eigenvalue weighted by molar-refractivity contribution is 7.47. The quantitative estimate of drug-likeness (QED) is 0.0169. The standard InChI is InChI=1S/C81H140O17P2/c1-5-9-13-17-21-25-29-33-35-36-37-38-40-43-46-50-54-58-62-66-79(84)92-72-77(98-81(86)68-64-60-56-52-48-44-39-34-30-26-22-18-14-10-6-2)74-96-100(89,90)94-70-75(82)69-93-99(87,88)95-73-76(97-80(85)67-63-59-55-51-47-42-32-28-24-20-16-12-8-4)71-91-78(83)65-61-57-53-49-45-41-31-27-23-19-15-11-7-3/h9,13,15,19,21-22,25-28,31-35,37-39,75-77,82H,5-8,10-12,14,16-18,20,23-24,29-30,36,40-74H2,1-4H3,(H,87,88)(H,89,90)/b13-9-,19-15-,25-21-,26-22-,31-27-,32-28-,35-33-,38-37-,39-34-. The Morgan fingerprint density at radius 1 is 0.290 bits per heavy atom. The van der Waals surface area contributed by atoms with Crippen LogP contribution in [0.25, 0.3) is 0 Å². The number of phosphoric ester groups is 2. The first-order valence-corrected chi connectivity index (χ1v) is 42.1. The zero-order chi connectivity index (χ0) is 73.2. The summed E-state index contributed by atoms with van der Waals surface area (Å²) in [5.74, 6) is -2.22. The summed E-state index contributed by atoms with van der Waals surface area (Å²) in [5.41, 5.74) is 0. The highest BCUT2D eigenvalue weighted by atomic mass is 31.2. The molecule has 5 unspecified atom stereocenters. The van der Waals surface area contributed by atoms with E-state index in [9.17, 15) is 43.2 Å². The molecule has 0 aromatic heterocycles. The van der Waals surface area contributed by atoms with Gasteiger partial charge in [0.05, 0.1) is 26.4 Å². The van der Waals surface area contributed by atoms with Crippen LogP contribution in [0.15, 0.2) is 109 Å². The largest absolute Gasteiger partial charge is 0.472 e. The van der Waals surface area contributed by atoms with Gasteiger partial charge in [-0.3, -0.25) is 37.3 Å². The lowest BCUT2D eigenvalue weighted by molar-refractivity contribution is -0.161. The van der Waals surface area contributed by atoms with E-state index in [1.807, 2.05) is 0 Å². The second kappa shape index (κ2) is 73.0. The molecule has 0 aliphatic rings. The molecule has 0 radical (unpaired) electrons. The molecule has 0 fully saturated rings. The van der Waals surface area contributed by atoms with Crippen molar-refractivity contribution in [2.45, 2.75) is 341 Å². The Labute approximate surface area is 607 Å². The summed E-state index contributed by atoms with van der Waals surface area (Å²) in [6.07, 6.45) is 77.8. The van der Waals surface area contributed by atoms with Gasteiger partial charge in [-0.2, -0.15) is 0 Å². The Hall–Kier alpha value is -4.28. The first-order chi connectivity index (χ1) is 48.7. The van der Waals surface area contributed by atoms with Gasteiger partial charge in [0.1, 0.15) is 19.3 Å². The highest BCUT2D eigenvalue weighted by Gasteiger charge is 2.30. The minimum absolute atomic E-state index is 0.0742. The van der Waals surface area contributed by atoms with E-state index < -0.39 is 97.5 Å². The van der Waals surface area contributed by atoms with Crippen LogP contribution in [-0.4, -0.2) is 96.7 Å². The fourth-order valence-corrected chi connectivity index (χ4v) is 11.8. The van der Waals surface area contributed by atoms with Crippen molar-refractivity contribution in [3.63, 3.8) is 0 Å². The molecule has 19 heteroatoms. The number of phosphoric acid groups is 2. The van der Waals surface area contributed by atoms with E-state index in [1.54, 1.807) is 0 Å². The van der Waals surface area contributed by atoms with Crippen molar-refractivity contribution in [2.75, 3.05) is 39.6 Å². The van der Waals surface area contributed by atoms with Crippen molar-refractivity contribution in [1.82, 2.24) is 0 Å². The van der Waals surface area contributed by atoms with Crippen molar-refractivity contribution >= 4 is 39.5 Å². The minimum atomic E-state index is -4.98. The molecule has 576 valence electrons. The van der Waals surface area contributed by atoms with Crippen LogP contribution in [0.5, 0.6) is 0 Å². The summed E-state index contributed by atoms with van der Waals surface area (Å²) in [6, 6.07) is 0. The van der Waals surface area contributed by atoms with Crippen molar-refractivity contribution in [3.05, 3.63) is 109 Å². The number of aliphatic hydroxyl groups excluding tert-OH is 1. The lowest BCUT2D eigenvalue weighted by atomic mass is 10.1. The molecule has 0 spiro atoms. The summed E-state index contributed by atoms with van der Waals surface area (Å²) in [5, 5.41) is 10.6. The fourth-order valence-electron chi connectivity index (χ4n) is 10.2. The Kier molecular flexibility index (Phi) is 69.9. The normalized spacial score (nSPS) is 14.5. The maximum Gasteiger partial charge on any atom is 0.472 e. The molecule has 100 heavy (non-hydrogen) atoms. The van der Waals surface area contributed by atoms with Gasteiger partial charge < -0.3 is 33.8 Å². The van der Waals surface area contributed by atoms with E-state index in [4.69, 9.17) is 37.0 Å². The van der Waals surface area contributed by atoms with Gasteiger partial charge in [0, 0.05) is 25.7 Å². The number of carbonyl (C=O) groups is 4. The summed E-state index contributed by atoms with van der Waals surface area (Å²) in [6.45, 7) is 4.62. The van der Waals surface area contributed by atoms with Crippen LogP contribution >= 0.6 is 15.6 Å². The third-order valence-corrected chi connectivity index (χ3v) is 18.1. The van der Waals surface area contributed by atoms with E-state index in [1.165, 1.54) is 44.9 Å². The second-order valence-electron chi connectivity index (χ2n) is 25.9. The predicted octanol–water partition coefficient (Wildman–Crippen LogP) is 22.6. The molecule has 5 atom stereocenters. The zero-order valence-corrected chi connectivity index (χ0v) is 64.6. The van der Waals surface area contributed by atoms with Gasteiger partial charge in [-0.05, 0) is 148 Å². The maximum absolute atomic E-state index is 13.1. The molecule has 0 aliphatic carbocycles. The number of ether oxygens (including phenoxy) is 4. The van der Waals surface area contributed by atoms with Crippen molar-refractivity contribution < 1.29 is 80.2 Å². The summed E-state index contributed by atoms with van der Waals surface area (Å²) < 4.78 is 68.5. The molecule has 0 aliphatic heterocycles. The number of rotatable bonds is 73. The van der Waals surface area contributed by atoms with Crippen LogP contribution in [0, 0.1) is 0 Å². The zero-order valence-electron chi connectivity index (χ0n) is 62.8. The Morgan fingerprint density at radius 3 is 0.870 bits per heavy atom. The molecule has 0 heterocycles. The van der Waals surface area contributed by atoms with E-state index in [0.717, 1.165) is 199 Å². The average Bonchev–Trinajstić information content (AvgIpc) is 0.946. The number of hydrogen-bond acceptors (Lipinski definition) is 15. The van der Waals surface area contributed by atoms with Gasteiger partial charge in [-0.1, -0.05) is 259 Å². The van der Waals surface area contributed by atoms with Gasteiger partial charge in [0.15, 0.2) is 12.2 Å². The highest BCUT2D eigenvalue weighted by Crippen LogP contribution is 2.45. The lowest BCUT2D eigenvalue weighted by Crippen LogP contribution is -2.30. The molecule has 17 nitrogen and oxygen atoms in total. The van der Waals surface area contributed by atoms with Crippen LogP contribution in [0.1, 0.15) is 323 Å². The van der Waals surface area contributed by atoms with Gasteiger partial charge in [-0.25, -0.2) is 9.13 Å². The third-order valence-electron chi connectivity index (χ3n) is 16.2.